The van der Waals surface area contributed by atoms with Gasteiger partial charge in [0.25, 0.3) is 0 Å². The third kappa shape index (κ3) is 2.31. The highest BCUT2D eigenvalue weighted by molar-refractivity contribution is 5.78. The second kappa shape index (κ2) is 3.51. The molecule has 0 aliphatic rings. The van der Waals surface area contributed by atoms with Gasteiger partial charge in [0.1, 0.15) is 6.67 Å². The molecular weight excluding hydrogens is 139 g/mol. The molecule has 0 bridgehead atoms. The van der Waals surface area contributed by atoms with Crippen LogP contribution in [0.15, 0.2) is 0 Å². The minimum atomic E-state index is -1.98. The highest BCUT2D eigenvalue weighted by Gasteiger charge is 2.31. The van der Waals surface area contributed by atoms with E-state index in [2.05, 4.69) is 4.74 Å². The van der Waals surface area contributed by atoms with Crippen LogP contribution in [0.1, 0.15) is 13.8 Å². The number of aliphatic hydroxyl groups is 1. The fraction of sp³-hybridized carbons (Fsp3) is 0.833. The van der Waals surface area contributed by atoms with Crippen LogP contribution in [-0.2, 0) is 9.53 Å². The molecule has 3 nitrogen and oxygen atoms in total. The van der Waals surface area contributed by atoms with E-state index < -0.39 is 18.2 Å². The Morgan fingerprint density at radius 2 is 2.30 bits per heavy atom. The quantitative estimate of drug-likeness (QED) is 0.587. The molecule has 4 heteroatoms. The van der Waals surface area contributed by atoms with Gasteiger partial charge in [-0.3, -0.25) is 0 Å². The van der Waals surface area contributed by atoms with Gasteiger partial charge in [-0.15, -0.1) is 0 Å². The van der Waals surface area contributed by atoms with Crippen molar-refractivity contribution in [1.29, 1.82) is 0 Å². The highest BCUT2D eigenvalue weighted by Crippen LogP contribution is 2.05. The molecule has 0 saturated carbocycles. The average molecular weight is 150 g/mol. The Labute approximate surface area is 58.8 Å². The smallest absolute Gasteiger partial charge is 0.340 e. The Morgan fingerprint density at radius 1 is 1.80 bits per heavy atom. The van der Waals surface area contributed by atoms with Gasteiger partial charge in [0.05, 0.1) is 6.61 Å². The molecule has 0 aromatic carbocycles. The molecule has 0 rings (SSSR count). The number of hydrogen-bond acceptors (Lipinski definition) is 3. The maximum absolute atomic E-state index is 11.8. The van der Waals surface area contributed by atoms with Crippen LogP contribution in [0.5, 0.6) is 0 Å². The third-order valence-electron chi connectivity index (χ3n) is 0.975. The number of carbonyl (C=O) groups is 1. The molecule has 60 valence electrons. The van der Waals surface area contributed by atoms with Crippen molar-refractivity contribution < 1.29 is 19.0 Å². The summed E-state index contributed by atoms with van der Waals surface area (Å²) in [6.45, 7) is 1.69. The molecule has 0 aliphatic carbocycles. The van der Waals surface area contributed by atoms with Crippen molar-refractivity contribution in [3.05, 3.63) is 0 Å². The summed E-state index contributed by atoms with van der Waals surface area (Å²) in [7, 11) is 0. The maximum Gasteiger partial charge on any atom is 0.340 e. The molecule has 0 heterocycles. The van der Waals surface area contributed by atoms with E-state index in [1.165, 1.54) is 0 Å². The van der Waals surface area contributed by atoms with E-state index in [1.807, 2.05) is 0 Å². The van der Waals surface area contributed by atoms with Crippen LogP contribution in [0.2, 0.25) is 0 Å². The number of alkyl halides is 1. The van der Waals surface area contributed by atoms with Crippen molar-refractivity contribution in [2.75, 3.05) is 13.3 Å². The molecule has 1 N–H and O–H groups in total. The van der Waals surface area contributed by atoms with Crippen molar-refractivity contribution in [2.45, 2.75) is 19.4 Å². The van der Waals surface area contributed by atoms with E-state index in [9.17, 15) is 9.18 Å². The first-order valence-electron chi connectivity index (χ1n) is 3.00. The summed E-state index contributed by atoms with van der Waals surface area (Å²) in [6, 6.07) is 0. The van der Waals surface area contributed by atoms with Crippen LogP contribution >= 0.6 is 0 Å². The molecule has 1 atom stereocenters. The SMILES string of the molecule is CCOC(=O)C(C)(O)CF. The second-order valence-corrected chi connectivity index (χ2v) is 2.13. The molecule has 0 radical (unpaired) electrons. The van der Waals surface area contributed by atoms with Crippen LogP contribution in [0, 0.1) is 0 Å². The zero-order valence-electron chi connectivity index (χ0n) is 6.06. The third-order valence-corrected chi connectivity index (χ3v) is 0.975. The Kier molecular flexibility index (Phi) is 3.28. The van der Waals surface area contributed by atoms with E-state index in [4.69, 9.17) is 5.11 Å². The second-order valence-electron chi connectivity index (χ2n) is 2.13. The summed E-state index contributed by atoms with van der Waals surface area (Å²) in [5.74, 6) is -0.919. The van der Waals surface area contributed by atoms with Gasteiger partial charge in [0.2, 0.25) is 0 Å². The fourth-order valence-corrected chi connectivity index (χ4v) is 0.341. The van der Waals surface area contributed by atoms with Gasteiger partial charge in [-0.25, -0.2) is 9.18 Å². The van der Waals surface area contributed by atoms with Crippen molar-refractivity contribution in [2.24, 2.45) is 0 Å². The van der Waals surface area contributed by atoms with Gasteiger partial charge in [-0.1, -0.05) is 0 Å². The topological polar surface area (TPSA) is 46.5 Å². The lowest BCUT2D eigenvalue weighted by Crippen LogP contribution is -2.38. The van der Waals surface area contributed by atoms with Crippen LogP contribution in [0.25, 0.3) is 0 Å². The van der Waals surface area contributed by atoms with Gasteiger partial charge in [-0.2, -0.15) is 0 Å². The molecule has 1 unspecified atom stereocenters. The van der Waals surface area contributed by atoms with Crippen molar-refractivity contribution in [3.8, 4) is 0 Å². The molecule has 0 spiro atoms. The standard InChI is InChI=1S/C6H11FO3/c1-3-10-5(8)6(2,9)4-7/h9H,3-4H2,1-2H3. The summed E-state index contributed by atoms with van der Waals surface area (Å²) in [5, 5.41) is 8.87. The number of carbonyl (C=O) groups excluding carboxylic acids is 1. The molecular formula is C6H11FO3. The monoisotopic (exact) mass is 150 g/mol. The van der Waals surface area contributed by atoms with Gasteiger partial charge < -0.3 is 9.84 Å². The van der Waals surface area contributed by atoms with E-state index in [-0.39, 0.29) is 6.61 Å². The average Bonchev–Trinajstić information content (AvgIpc) is 1.89. The normalized spacial score (nSPS) is 16.0. The largest absolute Gasteiger partial charge is 0.464 e. The lowest BCUT2D eigenvalue weighted by molar-refractivity contribution is -0.164. The molecule has 10 heavy (non-hydrogen) atoms. The minimum Gasteiger partial charge on any atom is -0.464 e. The summed E-state index contributed by atoms with van der Waals surface area (Å²) >= 11 is 0. The number of esters is 1. The molecule has 0 aromatic rings. The predicted octanol–water partition coefficient (Wildman–Crippen LogP) is 0.270. The Bertz CT molecular complexity index is 122. The highest BCUT2D eigenvalue weighted by atomic mass is 19.1. The van der Waals surface area contributed by atoms with Crippen molar-refractivity contribution in [1.82, 2.24) is 0 Å². The van der Waals surface area contributed by atoms with Crippen LogP contribution in [0.3, 0.4) is 0 Å². The fourth-order valence-electron chi connectivity index (χ4n) is 0.341. The Morgan fingerprint density at radius 3 is 2.60 bits per heavy atom. The van der Waals surface area contributed by atoms with Crippen LogP contribution in [0.4, 0.5) is 4.39 Å². The van der Waals surface area contributed by atoms with Crippen LogP contribution in [-0.4, -0.2) is 30.0 Å². The number of rotatable bonds is 3. The van der Waals surface area contributed by atoms with Gasteiger partial charge in [0, 0.05) is 0 Å². The van der Waals surface area contributed by atoms with E-state index in [0.717, 1.165) is 6.92 Å². The zero-order valence-corrected chi connectivity index (χ0v) is 6.06. The zero-order chi connectivity index (χ0) is 8.20. The molecule has 0 aromatic heterocycles. The maximum atomic E-state index is 11.8. The summed E-state index contributed by atoms with van der Waals surface area (Å²) in [4.78, 5) is 10.6. The molecule has 0 fully saturated rings. The first-order valence-corrected chi connectivity index (χ1v) is 3.00. The molecule has 0 amide bonds. The lowest BCUT2D eigenvalue weighted by Gasteiger charge is -2.15. The van der Waals surface area contributed by atoms with Crippen molar-refractivity contribution >= 4 is 5.97 Å². The number of ether oxygens (including phenoxy) is 1. The first kappa shape index (κ1) is 9.36. The van der Waals surface area contributed by atoms with Crippen molar-refractivity contribution in [3.63, 3.8) is 0 Å². The summed E-state index contributed by atoms with van der Waals surface area (Å²) in [5.41, 5.74) is -1.98. The van der Waals surface area contributed by atoms with Gasteiger partial charge >= 0.3 is 5.97 Å². The van der Waals surface area contributed by atoms with Gasteiger partial charge in [0.15, 0.2) is 5.60 Å². The number of halogens is 1. The Balaban J connectivity index is 3.91. The number of hydrogen-bond donors (Lipinski definition) is 1. The van der Waals surface area contributed by atoms with E-state index in [0.29, 0.717) is 0 Å². The van der Waals surface area contributed by atoms with E-state index >= 15 is 0 Å². The summed E-state index contributed by atoms with van der Waals surface area (Å²) < 4.78 is 16.2. The molecule has 0 aliphatic heterocycles. The Hall–Kier alpha value is -0.640. The van der Waals surface area contributed by atoms with E-state index in [1.54, 1.807) is 6.92 Å². The molecule has 0 saturated heterocycles. The first-order chi connectivity index (χ1) is 4.54. The summed E-state index contributed by atoms with van der Waals surface area (Å²) in [6.07, 6.45) is 0. The minimum absolute atomic E-state index is 0.148. The lowest BCUT2D eigenvalue weighted by atomic mass is 10.1. The predicted molar refractivity (Wildman–Crippen MR) is 33.2 cm³/mol. The van der Waals surface area contributed by atoms with Crippen LogP contribution < -0.4 is 0 Å². The van der Waals surface area contributed by atoms with Gasteiger partial charge in [-0.05, 0) is 13.8 Å².